The standard InChI is InChI=1S/C41H28N4S.C21H14BrN3.C20H13NS/c1-4-11-27(12-5-1)30-19-20-37-34(24-30)35-26-36-31(25-38(35)46-37)21-22-45(36)33-18-10-17-32(23-33)41-43-39(28-13-6-2-7-14-28)42-40(44-41)29-15-8-3-9-16-29;22-18-13-7-12-17(14-18)21-24-19(15-8-3-1-4-9-15)23-20(25-21)16-10-5-2-6-11-16;1-2-4-13(5-3-1)14-6-7-19-16(10-14)17-12-18-15(8-9-21-18)11-20(17)22-19/h1-20,23-26H,21-22H2;1-14H;1-12,21H. The van der Waals surface area contributed by atoms with E-state index in [9.17, 15) is 0 Å². The van der Waals surface area contributed by atoms with Gasteiger partial charge < -0.3 is 9.88 Å². The van der Waals surface area contributed by atoms with Gasteiger partial charge in [0, 0.05) is 113 Å². The Morgan fingerprint density at radius 3 is 1.18 bits per heavy atom. The summed E-state index contributed by atoms with van der Waals surface area (Å²) in [6, 6.07) is 103. The van der Waals surface area contributed by atoms with E-state index in [-0.39, 0.29) is 0 Å². The maximum absolute atomic E-state index is 4.97. The van der Waals surface area contributed by atoms with Gasteiger partial charge in [-0.05, 0) is 113 Å². The van der Waals surface area contributed by atoms with Crippen molar-refractivity contribution < 1.29 is 0 Å². The summed E-state index contributed by atoms with van der Waals surface area (Å²) in [6.07, 6.45) is 3.02. The molecular weight excluding hydrogens is 1240 g/mol. The van der Waals surface area contributed by atoms with Crippen molar-refractivity contribution in [2.75, 3.05) is 11.4 Å². The predicted molar refractivity (Wildman–Crippen MR) is 392 cm³/mol. The minimum absolute atomic E-state index is 0.661. The molecule has 6 heterocycles. The van der Waals surface area contributed by atoms with Crippen molar-refractivity contribution in [3.8, 4) is 90.6 Å². The molecule has 0 fully saturated rings. The molecule has 17 aromatic rings. The molecule has 0 spiro atoms. The molecule has 11 heteroatoms. The number of anilines is 2. The SMILES string of the molecule is Brc1cccc(-c2nc(-c3ccccc3)nc(-c3ccccc3)n2)c1.c1ccc(-c2ccc3sc4cc5c(cc4c3c2)N(c2cccc(-c3nc(-c4ccccc4)nc(-c4ccccc4)n3)c2)CC5)cc1.c1ccc(-c2ccc3sc4cc5cc[nH]c5cc4c3c2)cc1. The molecule has 442 valence electrons. The lowest BCUT2D eigenvalue weighted by molar-refractivity contribution is 0.998. The fraction of sp³-hybridized carbons (Fsp3) is 0.0244. The third-order valence-electron chi connectivity index (χ3n) is 16.8. The van der Waals surface area contributed by atoms with Crippen LogP contribution in [0.5, 0.6) is 0 Å². The van der Waals surface area contributed by atoms with Gasteiger partial charge in [-0.3, -0.25) is 0 Å². The number of rotatable bonds is 9. The highest BCUT2D eigenvalue weighted by molar-refractivity contribution is 9.10. The van der Waals surface area contributed by atoms with Crippen molar-refractivity contribution in [1.82, 2.24) is 34.9 Å². The lowest BCUT2D eigenvalue weighted by atomic mass is 10.0. The Morgan fingerprint density at radius 2 is 0.710 bits per heavy atom. The second-order valence-corrected chi connectivity index (χ2v) is 25.9. The Balaban J connectivity index is 0.000000122. The van der Waals surface area contributed by atoms with E-state index in [0.29, 0.717) is 34.9 Å². The normalized spacial score (nSPS) is 11.8. The van der Waals surface area contributed by atoms with Gasteiger partial charge in [0.25, 0.3) is 0 Å². The molecule has 8 nitrogen and oxygen atoms in total. The van der Waals surface area contributed by atoms with Crippen molar-refractivity contribution in [3.05, 3.63) is 313 Å². The van der Waals surface area contributed by atoms with Gasteiger partial charge >= 0.3 is 0 Å². The highest BCUT2D eigenvalue weighted by Crippen LogP contribution is 2.45. The quantitative estimate of drug-likeness (QED) is 0.154. The monoisotopic (exact) mass is 1290 g/mol. The molecule has 0 amide bonds. The summed E-state index contributed by atoms with van der Waals surface area (Å²) in [7, 11) is 0. The van der Waals surface area contributed by atoms with E-state index in [1.165, 1.54) is 84.8 Å². The summed E-state index contributed by atoms with van der Waals surface area (Å²) in [4.78, 5) is 34.7. The summed E-state index contributed by atoms with van der Waals surface area (Å²) in [5, 5.41) is 6.60. The number of aromatic nitrogens is 7. The summed E-state index contributed by atoms with van der Waals surface area (Å²) < 4.78 is 6.37. The molecule has 0 atom stereocenters. The van der Waals surface area contributed by atoms with Gasteiger partial charge in [-0.1, -0.05) is 234 Å². The summed E-state index contributed by atoms with van der Waals surface area (Å²) in [5.41, 5.74) is 15.9. The van der Waals surface area contributed by atoms with E-state index in [1.807, 2.05) is 174 Å². The summed E-state index contributed by atoms with van der Waals surface area (Å²) in [6.45, 7) is 0.936. The van der Waals surface area contributed by atoms with Crippen LogP contribution >= 0.6 is 38.6 Å². The van der Waals surface area contributed by atoms with Crippen molar-refractivity contribution in [2.45, 2.75) is 6.42 Å². The van der Waals surface area contributed by atoms with Crippen LogP contribution in [0.3, 0.4) is 0 Å². The lowest BCUT2D eigenvalue weighted by Crippen LogP contribution is -2.13. The number of H-pyrrole nitrogens is 1. The Bertz CT molecular complexity index is 5410. The maximum Gasteiger partial charge on any atom is 0.164 e. The first-order chi connectivity index (χ1) is 45.9. The smallest absolute Gasteiger partial charge is 0.164 e. The van der Waals surface area contributed by atoms with Gasteiger partial charge in [-0.25, -0.2) is 29.9 Å². The minimum Gasteiger partial charge on any atom is -0.361 e. The number of hydrogen-bond acceptors (Lipinski definition) is 9. The molecule has 93 heavy (non-hydrogen) atoms. The molecule has 12 aromatic carbocycles. The summed E-state index contributed by atoms with van der Waals surface area (Å²) in [5.74, 6) is 4.01. The van der Waals surface area contributed by atoms with Crippen molar-refractivity contribution >= 4 is 101 Å². The van der Waals surface area contributed by atoms with Crippen LogP contribution in [0.25, 0.3) is 142 Å². The second kappa shape index (κ2) is 25.3. The molecule has 1 N–H and O–H groups in total. The van der Waals surface area contributed by atoms with Gasteiger partial charge in [0.2, 0.25) is 0 Å². The first-order valence-electron chi connectivity index (χ1n) is 30.9. The zero-order valence-corrected chi connectivity index (χ0v) is 53.3. The maximum atomic E-state index is 4.97. The van der Waals surface area contributed by atoms with Crippen LogP contribution in [0, 0.1) is 0 Å². The van der Waals surface area contributed by atoms with E-state index in [1.54, 1.807) is 0 Å². The zero-order chi connectivity index (χ0) is 62.0. The minimum atomic E-state index is 0.661. The van der Waals surface area contributed by atoms with Gasteiger partial charge in [0.1, 0.15) is 0 Å². The van der Waals surface area contributed by atoms with E-state index in [4.69, 9.17) is 24.9 Å². The third kappa shape index (κ3) is 11.9. The van der Waals surface area contributed by atoms with Gasteiger partial charge in [0.05, 0.1) is 0 Å². The van der Waals surface area contributed by atoms with Crippen LogP contribution in [0.4, 0.5) is 11.4 Å². The molecule has 18 rings (SSSR count). The fourth-order valence-electron chi connectivity index (χ4n) is 12.2. The number of thiophene rings is 2. The lowest BCUT2D eigenvalue weighted by Gasteiger charge is -2.20. The number of fused-ring (bicyclic) bond motifs is 8. The van der Waals surface area contributed by atoms with Gasteiger partial charge in [-0.15, -0.1) is 22.7 Å². The molecule has 0 unspecified atom stereocenters. The Kier molecular flexibility index (Phi) is 15.5. The first kappa shape index (κ1) is 57.1. The molecule has 1 aliphatic heterocycles. The van der Waals surface area contributed by atoms with Crippen LogP contribution < -0.4 is 4.90 Å². The number of aromatic amines is 1. The first-order valence-corrected chi connectivity index (χ1v) is 33.3. The highest BCUT2D eigenvalue weighted by Gasteiger charge is 2.24. The molecule has 0 bridgehead atoms. The largest absolute Gasteiger partial charge is 0.361 e. The number of nitrogens with one attached hydrogen (secondary N) is 1. The average Bonchev–Trinajstić information content (AvgIpc) is 1.63. The van der Waals surface area contributed by atoms with E-state index in [2.05, 4.69) is 182 Å². The van der Waals surface area contributed by atoms with Crippen molar-refractivity contribution in [2.24, 2.45) is 0 Å². The van der Waals surface area contributed by atoms with Crippen LogP contribution in [-0.2, 0) is 6.42 Å². The topological polar surface area (TPSA) is 96.4 Å². The Hall–Kier alpha value is -11.1. The molecule has 0 aliphatic carbocycles. The average molecular weight is 1300 g/mol. The van der Waals surface area contributed by atoms with E-state index >= 15 is 0 Å². The van der Waals surface area contributed by atoms with Crippen LogP contribution in [-0.4, -0.2) is 41.4 Å². The van der Waals surface area contributed by atoms with Crippen molar-refractivity contribution in [3.63, 3.8) is 0 Å². The van der Waals surface area contributed by atoms with Crippen molar-refractivity contribution in [1.29, 1.82) is 0 Å². The molecule has 1 aliphatic rings. The predicted octanol–water partition coefficient (Wildman–Crippen LogP) is 22.4. The van der Waals surface area contributed by atoms with Gasteiger partial charge in [-0.2, -0.15) is 0 Å². The molecule has 0 radical (unpaired) electrons. The van der Waals surface area contributed by atoms with Crippen LogP contribution in [0.1, 0.15) is 5.56 Å². The number of hydrogen-bond donors (Lipinski definition) is 1. The molecule has 0 saturated heterocycles. The number of benzene rings is 12. The molecule has 5 aromatic heterocycles. The van der Waals surface area contributed by atoms with Crippen LogP contribution in [0.2, 0.25) is 0 Å². The number of nitrogens with zero attached hydrogens (tertiary/aromatic N) is 7. The Morgan fingerprint density at radius 1 is 0.312 bits per heavy atom. The van der Waals surface area contributed by atoms with Gasteiger partial charge in [0.15, 0.2) is 34.9 Å². The molecule has 0 saturated carbocycles. The van der Waals surface area contributed by atoms with E-state index in [0.717, 1.165) is 56.5 Å². The zero-order valence-electron chi connectivity index (χ0n) is 50.1. The Labute approximate surface area is 554 Å². The van der Waals surface area contributed by atoms with E-state index < -0.39 is 0 Å². The van der Waals surface area contributed by atoms with Crippen LogP contribution in [0.15, 0.2) is 308 Å². The summed E-state index contributed by atoms with van der Waals surface area (Å²) >= 11 is 7.27. The highest BCUT2D eigenvalue weighted by atomic mass is 79.9. The fourth-order valence-corrected chi connectivity index (χ4v) is 14.8. The number of halogens is 1. The third-order valence-corrected chi connectivity index (χ3v) is 19.6. The molecular formula is C82H55BrN8S2. The second-order valence-electron chi connectivity index (χ2n) is 22.8.